The number of allylic oxidation sites excluding steroid dienone is 1. The van der Waals surface area contributed by atoms with Gasteiger partial charge >= 0.3 is 5.97 Å². The van der Waals surface area contributed by atoms with Crippen molar-refractivity contribution < 1.29 is 14.6 Å². The molecule has 0 amide bonds. The molecule has 116 valence electrons. The maximum absolute atomic E-state index is 12.1. The Bertz CT molecular complexity index is 511. The van der Waals surface area contributed by atoms with Crippen LogP contribution in [0, 0.1) is 28.6 Å². The van der Waals surface area contributed by atoms with Crippen LogP contribution in [0.5, 0.6) is 0 Å². The number of cyclic esters (lactones) is 1. The smallest absolute Gasteiger partial charge is 0.312 e. The van der Waals surface area contributed by atoms with Crippen molar-refractivity contribution in [2.75, 3.05) is 6.61 Å². The second kappa shape index (κ2) is 4.34. The molecule has 0 aromatic heterocycles. The van der Waals surface area contributed by atoms with Gasteiger partial charge in [-0.1, -0.05) is 18.6 Å². The molecule has 3 fully saturated rings. The molecule has 1 heterocycles. The molecule has 21 heavy (non-hydrogen) atoms. The van der Waals surface area contributed by atoms with Crippen LogP contribution >= 0.6 is 0 Å². The Morgan fingerprint density at radius 1 is 1.19 bits per heavy atom. The number of esters is 1. The summed E-state index contributed by atoms with van der Waals surface area (Å²) in [7, 11) is 0. The summed E-state index contributed by atoms with van der Waals surface area (Å²) in [6, 6.07) is 0. The van der Waals surface area contributed by atoms with Crippen LogP contribution in [0.4, 0.5) is 0 Å². The Kier molecular flexibility index (Phi) is 2.86. The summed E-state index contributed by atoms with van der Waals surface area (Å²) in [4.78, 5) is 12.1. The highest BCUT2D eigenvalue weighted by Crippen LogP contribution is 2.62. The van der Waals surface area contributed by atoms with Crippen molar-refractivity contribution >= 4 is 5.97 Å². The van der Waals surface area contributed by atoms with Gasteiger partial charge in [-0.2, -0.15) is 0 Å². The molecule has 1 unspecified atom stereocenters. The molecule has 3 nitrogen and oxygen atoms in total. The monoisotopic (exact) mass is 290 g/mol. The number of aliphatic hydroxyl groups excluding tert-OH is 1. The highest BCUT2D eigenvalue weighted by atomic mass is 16.5. The average molecular weight is 290 g/mol. The Labute approximate surface area is 126 Å². The van der Waals surface area contributed by atoms with Crippen molar-refractivity contribution in [1.29, 1.82) is 0 Å². The van der Waals surface area contributed by atoms with Crippen LogP contribution < -0.4 is 0 Å². The third-order valence-corrected chi connectivity index (χ3v) is 7.33. The van der Waals surface area contributed by atoms with Gasteiger partial charge in [0.2, 0.25) is 0 Å². The van der Waals surface area contributed by atoms with E-state index in [0.29, 0.717) is 24.4 Å². The minimum atomic E-state index is -0.239. The van der Waals surface area contributed by atoms with E-state index in [4.69, 9.17) is 4.74 Å². The number of aliphatic hydroxyl groups is 1. The summed E-state index contributed by atoms with van der Waals surface area (Å²) in [5.74, 6) is 1.67. The number of hydrogen-bond acceptors (Lipinski definition) is 3. The summed E-state index contributed by atoms with van der Waals surface area (Å²) in [5, 5.41) is 9.98. The largest absolute Gasteiger partial charge is 0.465 e. The minimum Gasteiger partial charge on any atom is -0.465 e. The van der Waals surface area contributed by atoms with Gasteiger partial charge < -0.3 is 9.84 Å². The zero-order valence-corrected chi connectivity index (χ0v) is 13.1. The van der Waals surface area contributed by atoms with Gasteiger partial charge in [-0.3, -0.25) is 4.79 Å². The van der Waals surface area contributed by atoms with Crippen molar-refractivity contribution in [3.8, 4) is 0 Å². The second-order valence-corrected chi connectivity index (χ2v) is 8.21. The lowest BCUT2D eigenvalue weighted by molar-refractivity contribution is -0.148. The first-order valence-electron chi connectivity index (χ1n) is 8.50. The van der Waals surface area contributed by atoms with E-state index in [-0.39, 0.29) is 22.9 Å². The highest BCUT2D eigenvalue weighted by molar-refractivity contribution is 5.79. The zero-order valence-electron chi connectivity index (χ0n) is 13.1. The SMILES string of the molecule is C[C@]12CCC(O)CC1=CC[C@@H]1[C@@H]2CC[C@]2(C)C(=O)OC[C@@H]12. The topological polar surface area (TPSA) is 46.5 Å². The number of fused-ring (bicyclic) bond motifs is 5. The van der Waals surface area contributed by atoms with E-state index in [0.717, 1.165) is 38.5 Å². The fourth-order valence-corrected chi connectivity index (χ4v) is 5.85. The summed E-state index contributed by atoms with van der Waals surface area (Å²) in [6.07, 6.45) is 8.30. The molecule has 1 aliphatic heterocycles. The number of hydrogen-bond donors (Lipinski definition) is 1. The lowest BCUT2D eigenvalue weighted by atomic mass is 9.48. The quantitative estimate of drug-likeness (QED) is 0.551. The molecule has 0 radical (unpaired) electrons. The number of ether oxygens (including phenoxy) is 1. The van der Waals surface area contributed by atoms with Gasteiger partial charge in [0.05, 0.1) is 18.1 Å². The summed E-state index contributed by atoms with van der Waals surface area (Å²) in [6.45, 7) is 5.15. The fourth-order valence-electron chi connectivity index (χ4n) is 5.85. The molecule has 0 bridgehead atoms. The van der Waals surface area contributed by atoms with Crippen molar-refractivity contribution in [2.45, 2.75) is 58.5 Å². The van der Waals surface area contributed by atoms with E-state index in [1.807, 2.05) is 0 Å². The lowest BCUT2D eigenvalue weighted by Gasteiger charge is -2.55. The molecule has 3 heteroatoms. The van der Waals surface area contributed by atoms with Gasteiger partial charge in [-0.25, -0.2) is 0 Å². The van der Waals surface area contributed by atoms with Crippen LogP contribution in [-0.4, -0.2) is 23.8 Å². The highest BCUT2D eigenvalue weighted by Gasteiger charge is 2.60. The Morgan fingerprint density at radius 3 is 2.76 bits per heavy atom. The van der Waals surface area contributed by atoms with E-state index < -0.39 is 0 Å². The second-order valence-electron chi connectivity index (χ2n) is 8.21. The van der Waals surface area contributed by atoms with Crippen LogP contribution in [0.25, 0.3) is 0 Å². The molecule has 3 aliphatic carbocycles. The van der Waals surface area contributed by atoms with Crippen LogP contribution in [0.2, 0.25) is 0 Å². The van der Waals surface area contributed by atoms with Gasteiger partial charge in [-0.15, -0.1) is 0 Å². The number of carbonyl (C=O) groups is 1. The van der Waals surface area contributed by atoms with Crippen molar-refractivity contribution in [3.63, 3.8) is 0 Å². The maximum Gasteiger partial charge on any atom is 0.312 e. The summed E-state index contributed by atoms with van der Waals surface area (Å²) in [5.41, 5.74) is 1.49. The van der Waals surface area contributed by atoms with E-state index in [9.17, 15) is 9.90 Å². The lowest BCUT2D eigenvalue weighted by Crippen LogP contribution is -2.51. The molecule has 1 saturated heterocycles. The first-order chi connectivity index (χ1) is 9.95. The minimum absolute atomic E-state index is 0.0324. The first-order valence-corrected chi connectivity index (χ1v) is 8.50. The molecule has 0 aromatic rings. The Morgan fingerprint density at radius 2 is 1.95 bits per heavy atom. The van der Waals surface area contributed by atoms with Gasteiger partial charge in [0.1, 0.15) is 0 Å². The number of rotatable bonds is 0. The van der Waals surface area contributed by atoms with Crippen LogP contribution in [0.15, 0.2) is 11.6 Å². The third-order valence-electron chi connectivity index (χ3n) is 7.33. The molecule has 0 spiro atoms. The van der Waals surface area contributed by atoms with Crippen LogP contribution in [0.3, 0.4) is 0 Å². The number of carbonyl (C=O) groups excluding carboxylic acids is 1. The predicted molar refractivity (Wildman–Crippen MR) is 79.4 cm³/mol. The van der Waals surface area contributed by atoms with Crippen molar-refractivity contribution in [2.24, 2.45) is 28.6 Å². The van der Waals surface area contributed by atoms with Crippen molar-refractivity contribution in [3.05, 3.63) is 11.6 Å². The Balaban J connectivity index is 1.69. The van der Waals surface area contributed by atoms with Gasteiger partial charge in [0, 0.05) is 5.92 Å². The van der Waals surface area contributed by atoms with Crippen LogP contribution in [0.1, 0.15) is 52.4 Å². The van der Waals surface area contributed by atoms with Gasteiger partial charge in [0.15, 0.2) is 0 Å². The van der Waals surface area contributed by atoms with Gasteiger partial charge in [-0.05, 0) is 62.7 Å². The van der Waals surface area contributed by atoms with E-state index in [1.165, 1.54) is 5.57 Å². The molecular formula is C18H26O3. The molecule has 2 saturated carbocycles. The molecule has 1 N–H and O–H groups in total. The molecule has 0 aromatic carbocycles. The fraction of sp³-hybridized carbons (Fsp3) is 0.833. The summed E-state index contributed by atoms with van der Waals surface area (Å²) >= 11 is 0. The standard InChI is InChI=1S/C18H26O3/c1-17-7-5-12(19)9-11(17)3-4-13-14(17)6-8-18(2)15(13)10-21-16(18)20/h3,12-15,19H,4-10H2,1-2H3/t12?,13-,14+,15+,17+,18+/m1/s1. The average Bonchev–Trinajstić information content (AvgIpc) is 2.76. The molecule has 4 aliphatic rings. The normalized spacial score (nSPS) is 52.3. The first kappa shape index (κ1) is 13.8. The third kappa shape index (κ3) is 1.73. The van der Waals surface area contributed by atoms with Crippen molar-refractivity contribution in [1.82, 2.24) is 0 Å². The zero-order chi connectivity index (χ0) is 14.8. The predicted octanol–water partition coefficient (Wildman–Crippen LogP) is 3.07. The summed E-state index contributed by atoms with van der Waals surface area (Å²) < 4.78 is 5.44. The van der Waals surface area contributed by atoms with E-state index in [1.54, 1.807) is 0 Å². The van der Waals surface area contributed by atoms with Crippen LogP contribution in [-0.2, 0) is 9.53 Å². The van der Waals surface area contributed by atoms with Gasteiger partial charge in [0.25, 0.3) is 0 Å². The Hall–Kier alpha value is -0.830. The van der Waals surface area contributed by atoms with E-state index >= 15 is 0 Å². The van der Waals surface area contributed by atoms with E-state index in [2.05, 4.69) is 19.9 Å². The molecular weight excluding hydrogens is 264 g/mol. The molecule has 4 rings (SSSR count). The maximum atomic E-state index is 12.1. The molecule has 6 atom stereocenters.